The molecule has 5 heteroatoms. The Labute approximate surface area is 114 Å². The second-order valence-electron chi connectivity index (χ2n) is 3.93. The van der Waals surface area contributed by atoms with Crippen LogP contribution in [0.15, 0.2) is 40.2 Å². The van der Waals surface area contributed by atoms with Gasteiger partial charge in [-0.1, -0.05) is 36.9 Å². The van der Waals surface area contributed by atoms with E-state index in [2.05, 4.69) is 4.98 Å². The minimum atomic E-state index is -0.199. The molecular weight excluding hydrogens is 267 g/mol. The van der Waals surface area contributed by atoms with Crippen molar-refractivity contribution in [3.05, 3.63) is 47.2 Å². The number of benzene rings is 1. The third-order valence-electron chi connectivity index (χ3n) is 2.71. The Morgan fingerprint density at radius 2 is 2.22 bits per heavy atom. The highest BCUT2D eigenvalue weighted by molar-refractivity contribution is 8.01. The summed E-state index contributed by atoms with van der Waals surface area (Å²) < 4.78 is 14.8. The maximum absolute atomic E-state index is 13.9. The van der Waals surface area contributed by atoms with E-state index in [0.29, 0.717) is 5.56 Å². The Hall–Kier alpha value is -0.910. The average Bonchev–Trinajstić information content (AvgIpc) is 2.89. The first-order valence-electron chi connectivity index (χ1n) is 5.78. The van der Waals surface area contributed by atoms with Gasteiger partial charge in [-0.15, -0.1) is 11.3 Å². The lowest BCUT2D eigenvalue weighted by Crippen LogP contribution is -2.26. The number of hydrogen-bond donors (Lipinski definition) is 1. The minimum absolute atomic E-state index is 0.0872. The summed E-state index contributed by atoms with van der Waals surface area (Å²) in [5.74, 6) is -0.199. The second-order valence-corrected chi connectivity index (χ2v) is 6.21. The molecule has 0 saturated heterocycles. The molecule has 2 rings (SSSR count). The molecule has 0 saturated carbocycles. The van der Waals surface area contributed by atoms with Gasteiger partial charge in [0.2, 0.25) is 0 Å². The maximum atomic E-state index is 13.9. The van der Waals surface area contributed by atoms with E-state index in [9.17, 15) is 4.39 Å². The SMILES string of the molecule is CCC(N)C(Sc1nccs1)c1ccccc1F. The van der Waals surface area contributed by atoms with Crippen LogP contribution >= 0.6 is 23.1 Å². The molecule has 1 aromatic heterocycles. The van der Waals surface area contributed by atoms with Crippen LogP contribution in [-0.2, 0) is 0 Å². The fraction of sp³-hybridized carbons (Fsp3) is 0.308. The number of halogens is 1. The van der Waals surface area contributed by atoms with Crippen molar-refractivity contribution in [2.75, 3.05) is 0 Å². The van der Waals surface area contributed by atoms with Crippen molar-refractivity contribution in [2.45, 2.75) is 29.0 Å². The van der Waals surface area contributed by atoms with E-state index >= 15 is 0 Å². The molecule has 0 bridgehead atoms. The van der Waals surface area contributed by atoms with Gasteiger partial charge in [0, 0.05) is 23.2 Å². The number of nitrogens with two attached hydrogens (primary N) is 1. The van der Waals surface area contributed by atoms with E-state index in [-0.39, 0.29) is 17.1 Å². The van der Waals surface area contributed by atoms with Crippen molar-refractivity contribution >= 4 is 23.1 Å². The van der Waals surface area contributed by atoms with Gasteiger partial charge in [0.05, 0.1) is 5.25 Å². The molecule has 2 nitrogen and oxygen atoms in total. The Bertz CT molecular complexity index is 487. The molecule has 0 radical (unpaired) electrons. The molecule has 2 aromatic rings. The fourth-order valence-corrected chi connectivity index (χ4v) is 3.76. The van der Waals surface area contributed by atoms with Crippen molar-refractivity contribution in [3.63, 3.8) is 0 Å². The van der Waals surface area contributed by atoms with Gasteiger partial charge < -0.3 is 5.73 Å². The lowest BCUT2D eigenvalue weighted by atomic mass is 10.0. The van der Waals surface area contributed by atoms with Crippen molar-refractivity contribution in [2.24, 2.45) is 5.73 Å². The first-order chi connectivity index (χ1) is 8.72. The Morgan fingerprint density at radius 3 is 2.83 bits per heavy atom. The van der Waals surface area contributed by atoms with Crippen LogP contribution in [-0.4, -0.2) is 11.0 Å². The molecule has 1 aromatic carbocycles. The van der Waals surface area contributed by atoms with Crippen LogP contribution in [0.4, 0.5) is 4.39 Å². The Kier molecular flexibility index (Phi) is 4.74. The van der Waals surface area contributed by atoms with E-state index in [4.69, 9.17) is 5.73 Å². The normalized spacial score (nSPS) is 14.4. The van der Waals surface area contributed by atoms with Gasteiger partial charge in [0.15, 0.2) is 0 Å². The summed E-state index contributed by atoms with van der Waals surface area (Å²) in [6.07, 6.45) is 2.56. The van der Waals surface area contributed by atoms with Gasteiger partial charge in [-0.2, -0.15) is 0 Å². The topological polar surface area (TPSA) is 38.9 Å². The number of rotatable bonds is 5. The highest BCUT2D eigenvalue weighted by atomic mass is 32.2. The molecule has 2 atom stereocenters. The van der Waals surface area contributed by atoms with E-state index in [1.165, 1.54) is 17.8 Å². The van der Waals surface area contributed by atoms with Crippen LogP contribution in [0.1, 0.15) is 24.2 Å². The Balaban J connectivity index is 2.28. The van der Waals surface area contributed by atoms with Gasteiger partial charge in [-0.3, -0.25) is 0 Å². The van der Waals surface area contributed by atoms with Gasteiger partial charge in [0.25, 0.3) is 0 Å². The molecule has 2 N–H and O–H groups in total. The van der Waals surface area contributed by atoms with Crippen molar-refractivity contribution in [3.8, 4) is 0 Å². The monoisotopic (exact) mass is 282 g/mol. The molecule has 2 unspecified atom stereocenters. The van der Waals surface area contributed by atoms with Crippen molar-refractivity contribution in [1.29, 1.82) is 0 Å². The molecular formula is C13H15FN2S2. The zero-order valence-electron chi connectivity index (χ0n) is 10.0. The lowest BCUT2D eigenvalue weighted by molar-refractivity contribution is 0.572. The molecule has 0 aliphatic heterocycles. The van der Waals surface area contributed by atoms with Crippen LogP contribution in [0, 0.1) is 5.82 Å². The molecule has 0 fully saturated rings. The van der Waals surface area contributed by atoms with E-state index in [1.54, 1.807) is 29.7 Å². The molecule has 18 heavy (non-hydrogen) atoms. The van der Waals surface area contributed by atoms with Gasteiger partial charge in [0.1, 0.15) is 10.2 Å². The third kappa shape index (κ3) is 3.10. The maximum Gasteiger partial charge on any atom is 0.150 e. The number of aromatic nitrogens is 1. The quantitative estimate of drug-likeness (QED) is 0.847. The van der Waals surface area contributed by atoms with Crippen molar-refractivity contribution in [1.82, 2.24) is 4.98 Å². The summed E-state index contributed by atoms with van der Waals surface area (Å²) >= 11 is 3.09. The second kappa shape index (κ2) is 6.31. The van der Waals surface area contributed by atoms with E-state index < -0.39 is 0 Å². The summed E-state index contributed by atoms with van der Waals surface area (Å²) in [4.78, 5) is 4.23. The fourth-order valence-electron chi connectivity index (χ4n) is 1.68. The van der Waals surface area contributed by atoms with Crippen LogP contribution in [0.3, 0.4) is 0 Å². The molecule has 0 amide bonds. The zero-order chi connectivity index (χ0) is 13.0. The summed E-state index contributed by atoms with van der Waals surface area (Å²) in [5.41, 5.74) is 6.78. The molecule has 1 heterocycles. The summed E-state index contributed by atoms with van der Waals surface area (Å²) in [6.45, 7) is 2.01. The summed E-state index contributed by atoms with van der Waals surface area (Å²) in [6, 6.07) is 6.73. The number of hydrogen-bond acceptors (Lipinski definition) is 4. The van der Waals surface area contributed by atoms with Gasteiger partial charge in [-0.05, 0) is 12.5 Å². The number of nitrogens with zero attached hydrogens (tertiary/aromatic N) is 1. The number of thioether (sulfide) groups is 1. The highest BCUT2D eigenvalue weighted by Crippen LogP contribution is 2.39. The summed E-state index contributed by atoms with van der Waals surface area (Å²) in [5, 5.41) is 1.82. The van der Waals surface area contributed by atoms with E-state index in [0.717, 1.165) is 10.8 Å². The first kappa shape index (κ1) is 13.5. The highest BCUT2D eigenvalue weighted by Gasteiger charge is 2.23. The average molecular weight is 282 g/mol. The first-order valence-corrected chi connectivity index (χ1v) is 7.54. The molecule has 0 spiro atoms. The molecule has 0 aliphatic rings. The number of thiazole rings is 1. The van der Waals surface area contributed by atoms with Crippen LogP contribution in [0.2, 0.25) is 0 Å². The predicted octanol–water partition coefficient (Wildman–Crippen LogP) is 3.85. The van der Waals surface area contributed by atoms with Crippen LogP contribution < -0.4 is 5.73 Å². The standard InChI is InChI=1S/C13H15FN2S2/c1-2-11(15)12(18-13-16-7-8-17-13)9-5-3-4-6-10(9)14/h3-8,11-12H,2,15H2,1H3. The predicted molar refractivity (Wildman–Crippen MR) is 75.4 cm³/mol. The summed E-state index contributed by atoms with van der Waals surface area (Å²) in [7, 11) is 0. The molecule has 0 aliphatic carbocycles. The third-order valence-corrected chi connectivity index (χ3v) is 5.02. The van der Waals surface area contributed by atoms with Gasteiger partial charge in [-0.25, -0.2) is 9.37 Å². The molecule has 96 valence electrons. The van der Waals surface area contributed by atoms with E-state index in [1.807, 2.05) is 18.4 Å². The Morgan fingerprint density at radius 1 is 1.44 bits per heavy atom. The largest absolute Gasteiger partial charge is 0.326 e. The van der Waals surface area contributed by atoms with Crippen LogP contribution in [0.25, 0.3) is 0 Å². The lowest BCUT2D eigenvalue weighted by Gasteiger charge is -2.22. The van der Waals surface area contributed by atoms with Crippen LogP contribution in [0.5, 0.6) is 0 Å². The smallest absolute Gasteiger partial charge is 0.150 e. The zero-order valence-corrected chi connectivity index (χ0v) is 11.7. The van der Waals surface area contributed by atoms with Gasteiger partial charge >= 0.3 is 0 Å². The minimum Gasteiger partial charge on any atom is -0.326 e. The van der Waals surface area contributed by atoms with Crippen molar-refractivity contribution < 1.29 is 4.39 Å².